The highest BCUT2D eigenvalue weighted by molar-refractivity contribution is 5.87. The Balaban J connectivity index is 1.68. The molecule has 0 aliphatic carbocycles. The molecule has 0 N–H and O–H groups in total. The molecule has 1 aromatic carbocycles. The van der Waals surface area contributed by atoms with E-state index in [1.54, 1.807) is 17.2 Å². The van der Waals surface area contributed by atoms with E-state index in [1.807, 2.05) is 14.0 Å². The number of aryl methyl sites for hydroxylation is 2. The summed E-state index contributed by atoms with van der Waals surface area (Å²) in [6, 6.07) is 8.36. The molecule has 8 nitrogen and oxygen atoms in total. The average molecular weight is 347 g/mol. The van der Waals surface area contributed by atoms with E-state index < -0.39 is 0 Å². The van der Waals surface area contributed by atoms with Gasteiger partial charge in [-0.25, -0.2) is 9.97 Å². The highest BCUT2D eigenvalue weighted by Crippen LogP contribution is 2.37. The third-order valence-corrected chi connectivity index (χ3v) is 4.86. The molecule has 3 aromatic heterocycles. The van der Waals surface area contributed by atoms with Gasteiger partial charge in [-0.2, -0.15) is 5.10 Å². The number of aromatic nitrogens is 6. The zero-order chi connectivity index (χ0) is 17.7. The minimum absolute atomic E-state index is 0.0793. The second kappa shape index (κ2) is 5.62. The van der Waals surface area contributed by atoms with Crippen molar-refractivity contribution in [2.45, 2.75) is 25.9 Å². The largest absolute Gasteiger partial charge is 0.423 e. The van der Waals surface area contributed by atoms with Gasteiger partial charge in [0.1, 0.15) is 18.2 Å². The Bertz CT molecular complexity index is 1100. The molecule has 1 aliphatic rings. The number of hydrogen-bond donors (Lipinski definition) is 0. The second-order valence-electron chi connectivity index (χ2n) is 6.48. The summed E-state index contributed by atoms with van der Waals surface area (Å²) in [6.07, 6.45) is 4.17. The highest BCUT2D eigenvalue weighted by atomic mass is 16.4. The van der Waals surface area contributed by atoms with Gasteiger partial charge in [-0.05, 0) is 11.1 Å². The van der Waals surface area contributed by atoms with Gasteiger partial charge in [-0.15, -0.1) is 10.2 Å². The van der Waals surface area contributed by atoms with Gasteiger partial charge in [-0.3, -0.25) is 4.68 Å². The smallest absolute Gasteiger partial charge is 0.239 e. The van der Waals surface area contributed by atoms with Crippen molar-refractivity contribution in [3.8, 4) is 0 Å². The second-order valence-corrected chi connectivity index (χ2v) is 6.48. The van der Waals surface area contributed by atoms with Crippen LogP contribution in [-0.4, -0.2) is 29.9 Å². The van der Waals surface area contributed by atoms with Crippen LogP contribution in [0.4, 0.5) is 5.82 Å². The van der Waals surface area contributed by atoms with E-state index in [2.05, 4.69) is 54.4 Å². The Morgan fingerprint density at radius 2 is 1.96 bits per heavy atom. The summed E-state index contributed by atoms with van der Waals surface area (Å²) in [5.74, 6) is 2.00. The Morgan fingerprint density at radius 1 is 1.12 bits per heavy atom. The molecule has 1 atom stereocenters. The van der Waals surface area contributed by atoms with Crippen molar-refractivity contribution in [3.05, 3.63) is 59.7 Å². The van der Waals surface area contributed by atoms with Crippen LogP contribution in [0, 0.1) is 6.92 Å². The van der Waals surface area contributed by atoms with Gasteiger partial charge < -0.3 is 9.32 Å². The molecule has 0 radical (unpaired) electrons. The molecule has 8 heteroatoms. The van der Waals surface area contributed by atoms with Crippen molar-refractivity contribution in [2.75, 3.05) is 4.90 Å². The fourth-order valence-corrected chi connectivity index (χ4v) is 3.59. The molecule has 0 saturated heterocycles. The zero-order valence-corrected chi connectivity index (χ0v) is 14.5. The van der Waals surface area contributed by atoms with Gasteiger partial charge in [-0.1, -0.05) is 24.3 Å². The Hall–Kier alpha value is -3.29. The van der Waals surface area contributed by atoms with Crippen LogP contribution >= 0.6 is 0 Å². The summed E-state index contributed by atoms with van der Waals surface area (Å²) in [5, 5.41) is 13.5. The maximum absolute atomic E-state index is 5.78. The van der Waals surface area contributed by atoms with Crippen LogP contribution in [0.3, 0.4) is 0 Å². The van der Waals surface area contributed by atoms with E-state index >= 15 is 0 Å². The maximum Gasteiger partial charge on any atom is 0.239 e. The molecule has 0 fully saturated rings. The van der Waals surface area contributed by atoms with Gasteiger partial charge >= 0.3 is 0 Å². The lowest BCUT2D eigenvalue weighted by Crippen LogP contribution is -2.35. The third-order valence-electron chi connectivity index (χ3n) is 4.86. The number of anilines is 1. The van der Waals surface area contributed by atoms with E-state index in [-0.39, 0.29) is 6.04 Å². The SMILES string of the molecule is Cc1nnc([C@H]2Cc3ccccc3CN2c2ncnc3c2cnn3C)o1. The molecule has 0 spiro atoms. The number of fused-ring (bicyclic) bond motifs is 2. The zero-order valence-electron chi connectivity index (χ0n) is 14.5. The lowest BCUT2D eigenvalue weighted by molar-refractivity contribution is 0.403. The van der Waals surface area contributed by atoms with Crippen molar-refractivity contribution in [1.29, 1.82) is 0 Å². The topological polar surface area (TPSA) is 85.8 Å². The summed E-state index contributed by atoms with van der Waals surface area (Å²) in [5.41, 5.74) is 3.37. The first-order valence-corrected chi connectivity index (χ1v) is 8.47. The van der Waals surface area contributed by atoms with Gasteiger partial charge in [0, 0.05) is 26.9 Å². The molecule has 0 saturated carbocycles. The standard InChI is InChI=1S/C18H17N7O/c1-11-22-23-18(26-11)15-7-12-5-3-4-6-13(12)9-25(15)17-14-8-21-24(2)16(14)19-10-20-17/h3-6,8,10,15H,7,9H2,1-2H3/t15-/m1/s1. The molecule has 4 heterocycles. The number of hydrogen-bond acceptors (Lipinski definition) is 7. The van der Waals surface area contributed by atoms with E-state index in [9.17, 15) is 0 Å². The van der Waals surface area contributed by atoms with Gasteiger partial charge in [0.2, 0.25) is 11.8 Å². The lowest BCUT2D eigenvalue weighted by atomic mass is 9.93. The molecular weight excluding hydrogens is 330 g/mol. The summed E-state index contributed by atoms with van der Waals surface area (Å²) in [7, 11) is 1.88. The van der Waals surface area contributed by atoms with Gasteiger partial charge in [0.25, 0.3) is 0 Å². The van der Waals surface area contributed by atoms with Crippen molar-refractivity contribution in [2.24, 2.45) is 7.05 Å². The molecule has 4 aromatic rings. The van der Waals surface area contributed by atoms with E-state index in [0.29, 0.717) is 18.3 Å². The first-order valence-electron chi connectivity index (χ1n) is 8.47. The molecule has 130 valence electrons. The Morgan fingerprint density at radius 3 is 2.77 bits per heavy atom. The Kier molecular flexibility index (Phi) is 3.24. The fraction of sp³-hybridized carbons (Fsp3) is 0.278. The van der Waals surface area contributed by atoms with Crippen LogP contribution < -0.4 is 4.90 Å². The van der Waals surface area contributed by atoms with Crippen molar-refractivity contribution < 1.29 is 4.42 Å². The summed E-state index contributed by atoms with van der Waals surface area (Å²) < 4.78 is 7.53. The third kappa shape index (κ3) is 2.26. The number of rotatable bonds is 2. The molecule has 26 heavy (non-hydrogen) atoms. The van der Waals surface area contributed by atoms with E-state index in [0.717, 1.165) is 23.3 Å². The number of benzene rings is 1. The monoisotopic (exact) mass is 347 g/mol. The summed E-state index contributed by atoms with van der Waals surface area (Å²) in [4.78, 5) is 11.1. The van der Waals surface area contributed by atoms with Crippen molar-refractivity contribution in [3.63, 3.8) is 0 Å². The molecule has 1 aliphatic heterocycles. The van der Waals surface area contributed by atoms with Crippen molar-refractivity contribution >= 4 is 16.9 Å². The van der Waals surface area contributed by atoms with Crippen LogP contribution in [0.1, 0.15) is 29.0 Å². The minimum atomic E-state index is -0.0793. The predicted molar refractivity (Wildman–Crippen MR) is 94.4 cm³/mol. The maximum atomic E-state index is 5.78. The minimum Gasteiger partial charge on any atom is -0.423 e. The predicted octanol–water partition coefficient (Wildman–Crippen LogP) is 2.36. The summed E-state index contributed by atoms with van der Waals surface area (Å²) in [6.45, 7) is 2.52. The molecule has 0 bridgehead atoms. The van der Waals surface area contributed by atoms with Crippen LogP contribution in [0.2, 0.25) is 0 Å². The number of nitrogens with zero attached hydrogens (tertiary/aromatic N) is 7. The molecular formula is C18H17N7O. The van der Waals surface area contributed by atoms with Crippen LogP contribution in [0.5, 0.6) is 0 Å². The van der Waals surface area contributed by atoms with Crippen LogP contribution in [-0.2, 0) is 20.0 Å². The van der Waals surface area contributed by atoms with E-state index in [1.165, 1.54) is 11.1 Å². The van der Waals surface area contributed by atoms with E-state index in [4.69, 9.17) is 4.42 Å². The van der Waals surface area contributed by atoms with Crippen molar-refractivity contribution in [1.82, 2.24) is 29.9 Å². The fourth-order valence-electron chi connectivity index (χ4n) is 3.59. The normalized spacial score (nSPS) is 16.8. The highest BCUT2D eigenvalue weighted by Gasteiger charge is 2.33. The van der Waals surface area contributed by atoms with Gasteiger partial charge in [0.05, 0.1) is 11.6 Å². The van der Waals surface area contributed by atoms with Gasteiger partial charge in [0.15, 0.2) is 5.65 Å². The molecule has 5 rings (SSSR count). The Labute approximate surface area is 149 Å². The van der Waals surface area contributed by atoms with Crippen LogP contribution in [0.15, 0.2) is 41.2 Å². The molecule has 0 amide bonds. The quantitative estimate of drug-likeness (QED) is 0.550. The lowest BCUT2D eigenvalue weighted by Gasteiger charge is -2.36. The molecule has 0 unspecified atom stereocenters. The first kappa shape index (κ1) is 15.0. The van der Waals surface area contributed by atoms with Crippen LogP contribution in [0.25, 0.3) is 11.0 Å². The summed E-state index contributed by atoms with van der Waals surface area (Å²) >= 11 is 0. The average Bonchev–Trinajstić information content (AvgIpc) is 3.27. The first-order chi connectivity index (χ1) is 12.7.